The van der Waals surface area contributed by atoms with Gasteiger partial charge in [-0.05, 0) is 77.6 Å². The van der Waals surface area contributed by atoms with Crippen LogP contribution in [0, 0.1) is 11.8 Å². The van der Waals surface area contributed by atoms with Gasteiger partial charge in [-0.1, -0.05) is 26.0 Å². The molecule has 0 saturated heterocycles. The van der Waals surface area contributed by atoms with Crippen molar-refractivity contribution in [2.75, 3.05) is 27.2 Å². The number of methoxy groups -OCH3 is 1. The van der Waals surface area contributed by atoms with Crippen LogP contribution in [-0.2, 0) is 20.7 Å². The zero-order valence-electron chi connectivity index (χ0n) is 20.1. The van der Waals surface area contributed by atoms with E-state index in [-0.39, 0.29) is 36.8 Å². The second-order valence-corrected chi connectivity index (χ2v) is 9.74. The van der Waals surface area contributed by atoms with Crippen LogP contribution in [0.5, 0.6) is 0 Å². The van der Waals surface area contributed by atoms with Crippen LogP contribution in [0.15, 0.2) is 29.3 Å². The van der Waals surface area contributed by atoms with Crippen molar-refractivity contribution < 1.29 is 19.1 Å². The Morgan fingerprint density at radius 3 is 2.36 bits per heavy atom. The summed E-state index contributed by atoms with van der Waals surface area (Å²) in [6, 6.07) is 7.47. The van der Waals surface area contributed by atoms with Gasteiger partial charge in [0.15, 0.2) is 4.62 Å². The molecule has 0 aromatic heterocycles. The summed E-state index contributed by atoms with van der Waals surface area (Å²) in [6.45, 7) is 5.33. The van der Waals surface area contributed by atoms with E-state index < -0.39 is 0 Å². The molecule has 1 N–H and O–H groups in total. The number of ether oxygens (including phenoxy) is 1. The van der Waals surface area contributed by atoms with E-state index in [0.717, 1.165) is 24.3 Å². The van der Waals surface area contributed by atoms with Crippen molar-refractivity contribution >= 4 is 38.3 Å². The van der Waals surface area contributed by atoms with Gasteiger partial charge in [-0.25, -0.2) is 0 Å². The number of carbonyl (C=O) groups is 3. The summed E-state index contributed by atoms with van der Waals surface area (Å²) >= 11 is 3.39. The average Bonchev–Trinajstić information content (AvgIpc) is 2.82. The Balaban J connectivity index is 1.78. The minimum Gasteiger partial charge on any atom is -0.469 e. The van der Waals surface area contributed by atoms with Crippen molar-refractivity contribution in [3.63, 3.8) is 0 Å². The highest BCUT2D eigenvalue weighted by Crippen LogP contribution is 2.31. The van der Waals surface area contributed by atoms with Gasteiger partial charge in [0, 0.05) is 25.7 Å². The maximum atomic E-state index is 12.7. The number of likely N-dealkylation sites (N-methyl/N-ethyl adjacent to an activating group) is 1. The van der Waals surface area contributed by atoms with E-state index in [1.165, 1.54) is 20.0 Å². The van der Waals surface area contributed by atoms with Gasteiger partial charge in [0.2, 0.25) is 0 Å². The lowest BCUT2D eigenvalue weighted by Crippen LogP contribution is -2.33. The largest absolute Gasteiger partial charge is 0.469 e. The molecule has 0 spiro atoms. The molecule has 0 atom stereocenters. The lowest BCUT2D eigenvalue weighted by Gasteiger charge is -2.29. The summed E-state index contributed by atoms with van der Waals surface area (Å²) in [5, 5.41) is 2.69. The summed E-state index contributed by atoms with van der Waals surface area (Å²) in [7, 11) is 3.09. The van der Waals surface area contributed by atoms with Crippen LogP contribution in [0.1, 0.15) is 61.9 Å². The van der Waals surface area contributed by atoms with Crippen molar-refractivity contribution in [3.05, 3.63) is 35.4 Å². The first-order valence-corrected chi connectivity index (χ1v) is 12.4. The number of rotatable bonds is 10. The smallest absolute Gasteiger partial charge is 0.307 e. The van der Waals surface area contributed by atoms with E-state index in [2.05, 4.69) is 44.8 Å². The van der Waals surface area contributed by atoms with Gasteiger partial charge < -0.3 is 15.0 Å². The molecule has 1 aromatic rings. The number of amides is 2. The van der Waals surface area contributed by atoms with Gasteiger partial charge in [-0.15, -0.1) is 0 Å². The topological polar surface area (TPSA) is 88.1 Å². The van der Waals surface area contributed by atoms with E-state index in [1.807, 2.05) is 12.1 Å². The van der Waals surface area contributed by atoms with Crippen LogP contribution in [0.25, 0.3) is 0 Å². The number of nitrogens with one attached hydrogen (secondary N) is 1. The number of benzene rings is 1. The number of hydrogen-bond donors (Lipinski definition) is 1. The summed E-state index contributed by atoms with van der Waals surface area (Å²) in [6.07, 6.45) is 5.24. The Kier molecular flexibility index (Phi) is 11.0. The second kappa shape index (κ2) is 13.5. The second-order valence-electron chi connectivity index (χ2n) is 8.99. The minimum absolute atomic E-state index is 0.109. The molecule has 1 aliphatic carbocycles. The Bertz CT molecular complexity index is 831. The first kappa shape index (κ1) is 27.0. The Morgan fingerprint density at radius 1 is 1.15 bits per heavy atom. The van der Waals surface area contributed by atoms with E-state index in [9.17, 15) is 14.4 Å². The number of esters is 1. The van der Waals surface area contributed by atoms with Crippen LogP contribution in [0.3, 0.4) is 0 Å². The fourth-order valence-electron chi connectivity index (χ4n) is 3.97. The molecule has 0 radical (unpaired) electrons. The molecule has 1 aliphatic rings. The highest BCUT2D eigenvalue weighted by molar-refractivity contribution is 9.19. The Labute approximate surface area is 205 Å². The first-order valence-electron chi connectivity index (χ1n) is 11.6. The number of carbonyl (C=O) groups excluding carboxylic acids is 3. The van der Waals surface area contributed by atoms with Crippen LogP contribution < -0.4 is 5.32 Å². The maximum Gasteiger partial charge on any atom is 0.307 e. The molecule has 7 nitrogen and oxygen atoms in total. The van der Waals surface area contributed by atoms with Crippen LogP contribution >= 0.6 is 15.9 Å². The van der Waals surface area contributed by atoms with Crippen molar-refractivity contribution in [2.24, 2.45) is 16.8 Å². The molecule has 1 fully saturated rings. The molecule has 33 heavy (non-hydrogen) atoms. The van der Waals surface area contributed by atoms with Gasteiger partial charge in [0.25, 0.3) is 11.8 Å². The van der Waals surface area contributed by atoms with Crippen molar-refractivity contribution in [1.29, 1.82) is 0 Å². The third-order valence-electron chi connectivity index (χ3n) is 6.30. The Morgan fingerprint density at radius 2 is 1.79 bits per heavy atom. The molecule has 2 amide bonds. The standard InChI is InChI=1S/C25H36BrN3O4/c1-17(2)19-9-11-21(12-10-19)28-23(26)25(32)29(3)16-14-18-5-7-20(8-6-18)24(31)27-15-13-22(30)33-4/h5-8,17,19,21H,9-16H2,1-4H3,(H,27,31). The van der Waals surface area contributed by atoms with Gasteiger partial charge in [-0.3, -0.25) is 19.4 Å². The van der Waals surface area contributed by atoms with Crippen LogP contribution in [0.4, 0.5) is 0 Å². The lowest BCUT2D eigenvalue weighted by atomic mass is 9.80. The highest BCUT2D eigenvalue weighted by Gasteiger charge is 2.24. The van der Waals surface area contributed by atoms with Crippen molar-refractivity contribution in [1.82, 2.24) is 10.2 Å². The fraction of sp³-hybridized carbons (Fsp3) is 0.600. The van der Waals surface area contributed by atoms with Gasteiger partial charge >= 0.3 is 5.97 Å². The average molecular weight is 522 g/mol. The first-order chi connectivity index (χ1) is 15.7. The zero-order chi connectivity index (χ0) is 24.4. The summed E-state index contributed by atoms with van der Waals surface area (Å²) < 4.78 is 4.95. The van der Waals surface area contributed by atoms with Gasteiger partial charge in [0.1, 0.15) is 0 Å². The molecular formula is C25H36BrN3O4. The number of aliphatic imine (C=N–C) groups is 1. The molecule has 8 heteroatoms. The maximum absolute atomic E-state index is 12.7. The zero-order valence-corrected chi connectivity index (χ0v) is 21.7. The lowest BCUT2D eigenvalue weighted by molar-refractivity contribution is -0.140. The molecule has 1 aromatic carbocycles. The van der Waals surface area contributed by atoms with E-state index >= 15 is 0 Å². The molecule has 0 unspecified atom stereocenters. The summed E-state index contributed by atoms with van der Waals surface area (Å²) in [4.78, 5) is 42.2. The summed E-state index contributed by atoms with van der Waals surface area (Å²) in [5.41, 5.74) is 1.55. The predicted octanol–water partition coefficient (Wildman–Crippen LogP) is 3.99. The molecule has 0 heterocycles. The molecular weight excluding hydrogens is 486 g/mol. The number of nitrogens with zero attached hydrogens (tertiary/aromatic N) is 2. The predicted molar refractivity (Wildman–Crippen MR) is 134 cm³/mol. The molecule has 182 valence electrons. The van der Waals surface area contributed by atoms with Gasteiger partial charge in [0.05, 0.1) is 19.6 Å². The summed E-state index contributed by atoms with van der Waals surface area (Å²) in [5.74, 6) is 0.773. The van der Waals surface area contributed by atoms with Crippen molar-refractivity contribution in [2.45, 2.75) is 58.4 Å². The number of hydrogen-bond acceptors (Lipinski definition) is 5. The van der Waals surface area contributed by atoms with Crippen LogP contribution in [0.2, 0.25) is 0 Å². The Hall–Kier alpha value is -2.22. The highest BCUT2D eigenvalue weighted by atomic mass is 79.9. The third kappa shape index (κ3) is 8.91. The fourth-order valence-corrected chi connectivity index (χ4v) is 4.57. The van der Waals surface area contributed by atoms with Crippen molar-refractivity contribution in [3.8, 4) is 0 Å². The third-order valence-corrected chi connectivity index (χ3v) is 6.84. The molecule has 0 bridgehead atoms. The molecule has 1 saturated carbocycles. The van der Waals surface area contributed by atoms with E-state index in [1.54, 1.807) is 24.1 Å². The van der Waals surface area contributed by atoms with Crippen LogP contribution in [-0.4, -0.2) is 60.6 Å². The number of halogens is 1. The van der Waals surface area contributed by atoms with E-state index in [4.69, 9.17) is 0 Å². The van der Waals surface area contributed by atoms with E-state index in [0.29, 0.717) is 29.1 Å². The molecule has 2 rings (SSSR count). The monoisotopic (exact) mass is 521 g/mol. The molecule has 0 aliphatic heterocycles. The normalized spacial score (nSPS) is 18.7. The quantitative estimate of drug-likeness (QED) is 0.372. The van der Waals surface area contributed by atoms with Gasteiger partial charge in [-0.2, -0.15) is 0 Å². The SMILES string of the molecule is COC(=O)CCNC(=O)c1ccc(CCN(C)C(=O)C(Br)=NC2CCC(C(C)C)CC2)cc1. The minimum atomic E-state index is -0.362.